The Balaban J connectivity index is 1.82. The normalized spacial score (nSPS) is 15.0. The van der Waals surface area contributed by atoms with E-state index in [1.165, 1.54) is 11.3 Å². The molecule has 0 aliphatic heterocycles. The largest absolute Gasteiger partial charge is 0.482 e. The number of hydrogen-bond acceptors (Lipinski definition) is 3. The van der Waals surface area contributed by atoms with Crippen molar-refractivity contribution in [1.29, 1.82) is 0 Å². The Kier molecular flexibility index (Phi) is 10.4. The molecule has 1 aliphatic rings. The maximum Gasteiger partial charge on any atom is 0.261 e. The van der Waals surface area contributed by atoms with Gasteiger partial charge < -0.3 is 15.0 Å². The van der Waals surface area contributed by atoms with E-state index in [1.54, 1.807) is 36.4 Å². The quantitative estimate of drug-likeness (QED) is 0.341. The maximum atomic E-state index is 13.4. The first-order chi connectivity index (χ1) is 16.3. The van der Waals surface area contributed by atoms with E-state index in [9.17, 15) is 9.59 Å². The molecule has 0 unspecified atom stereocenters. The van der Waals surface area contributed by atoms with Crippen LogP contribution in [0.4, 0.5) is 0 Å². The molecule has 1 aliphatic carbocycles. The van der Waals surface area contributed by atoms with Gasteiger partial charge in [-0.05, 0) is 49.6 Å². The standard InChI is InChI=1S/C25H28BrCl3N2O3/c1-2-22(25(33)30-17-7-4-3-5-8-17)31(14-18-19(27)9-6-10-20(18)28)24(32)15-34-23-12-11-16(26)13-21(23)29/h6,9-13,17,22H,2-5,7-8,14-15H2,1H3,(H,30,33)/t22-/m1/s1. The predicted molar refractivity (Wildman–Crippen MR) is 141 cm³/mol. The molecule has 2 aromatic carbocycles. The molecule has 2 amide bonds. The molecule has 9 heteroatoms. The number of ether oxygens (including phenoxy) is 1. The van der Waals surface area contributed by atoms with E-state index in [4.69, 9.17) is 39.5 Å². The van der Waals surface area contributed by atoms with Crippen LogP contribution in [0.5, 0.6) is 5.75 Å². The molecule has 0 saturated heterocycles. The first-order valence-electron chi connectivity index (χ1n) is 11.4. The molecule has 0 heterocycles. The van der Waals surface area contributed by atoms with Crippen molar-refractivity contribution in [3.05, 3.63) is 61.5 Å². The summed E-state index contributed by atoms with van der Waals surface area (Å²) < 4.78 is 6.52. The van der Waals surface area contributed by atoms with Gasteiger partial charge in [0.25, 0.3) is 5.91 Å². The maximum absolute atomic E-state index is 13.4. The van der Waals surface area contributed by atoms with E-state index in [2.05, 4.69) is 21.2 Å². The molecule has 0 spiro atoms. The summed E-state index contributed by atoms with van der Waals surface area (Å²) in [7, 11) is 0. The van der Waals surface area contributed by atoms with Crippen LogP contribution in [0.3, 0.4) is 0 Å². The van der Waals surface area contributed by atoms with E-state index in [0.29, 0.717) is 32.8 Å². The molecule has 3 rings (SSSR count). The van der Waals surface area contributed by atoms with Gasteiger partial charge in [0.2, 0.25) is 5.91 Å². The summed E-state index contributed by atoms with van der Waals surface area (Å²) in [5, 5.41) is 4.39. The zero-order chi connectivity index (χ0) is 24.7. The minimum Gasteiger partial charge on any atom is -0.482 e. The third-order valence-electron chi connectivity index (χ3n) is 5.97. The molecular weight excluding hydrogens is 563 g/mol. The first-order valence-corrected chi connectivity index (χ1v) is 13.3. The molecule has 0 aromatic heterocycles. The topological polar surface area (TPSA) is 58.6 Å². The van der Waals surface area contributed by atoms with Gasteiger partial charge in [-0.2, -0.15) is 0 Å². The number of hydrogen-bond donors (Lipinski definition) is 1. The van der Waals surface area contributed by atoms with Crippen LogP contribution in [0.2, 0.25) is 15.1 Å². The summed E-state index contributed by atoms with van der Waals surface area (Å²) in [5.74, 6) is -0.151. The molecule has 1 fully saturated rings. The van der Waals surface area contributed by atoms with Gasteiger partial charge in [-0.25, -0.2) is 0 Å². The molecule has 184 valence electrons. The predicted octanol–water partition coefficient (Wildman–Crippen LogP) is 7.04. The number of halogens is 4. The third-order valence-corrected chi connectivity index (χ3v) is 7.47. The Morgan fingerprint density at radius 1 is 1.09 bits per heavy atom. The molecule has 34 heavy (non-hydrogen) atoms. The second kappa shape index (κ2) is 13.0. The van der Waals surface area contributed by atoms with Gasteiger partial charge in [-0.1, -0.05) is 83.0 Å². The summed E-state index contributed by atoms with van der Waals surface area (Å²) in [6.07, 6.45) is 5.73. The second-order valence-electron chi connectivity index (χ2n) is 8.35. The van der Waals surface area contributed by atoms with E-state index in [-0.39, 0.29) is 31.0 Å². The van der Waals surface area contributed by atoms with Gasteiger partial charge in [0.1, 0.15) is 11.8 Å². The molecule has 2 aromatic rings. The lowest BCUT2D eigenvalue weighted by Crippen LogP contribution is -2.52. The summed E-state index contributed by atoms with van der Waals surface area (Å²) >= 11 is 22.4. The van der Waals surface area contributed by atoms with Crippen LogP contribution < -0.4 is 10.1 Å². The summed E-state index contributed by atoms with van der Waals surface area (Å²) in [4.78, 5) is 28.2. The number of amides is 2. The first kappa shape index (κ1) is 27.1. The lowest BCUT2D eigenvalue weighted by Gasteiger charge is -2.33. The van der Waals surface area contributed by atoms with Crippen LogP contribution in [0, 0.1) is 0 Å². The lowest BCUT2D eigenvalue weighted by atomic mass is 9.95. The summed E-state index contributed by atoms with van der Waals surface area (Å²) in [6.45, 7) is 1.69. The monoisotopic (exact) mass is 588 g/mol. The highest BCUT2D eigenvalue weighted by molar-refractivity contribution is 9.10. The van der Waals surface area contributed by atoms with E-state index >= 15 is 0 Å². The van der Waals surface area contributed by atoms with E-state index in [1.807, 2.05) is 6.92 Å². The highest BCUT2D eigenvalue weighted by Crippen LogP contribution is 2.29. The van der Waals surface area contributed by atoms with Crippen molar-refractivity contribution < 1.29 is 14.3 Å². The van der Waals surface area contributed by atoms with Gasteiger partial charge in [0.15, 0.2) is 6.61 Å². The molecule has 0 bridgehead atoms. The Morgan fingerprint density at radius 3 is 2.38 bits per heavy atom. The minimum atomic E-state index is -0.689. The number of nitrogens with one attached hydrogen (secondary N) is 1. The number of rotatable bonds is 9. The third kappa shape index (κ3) is 7.27. The Morgan fingerprint density at radius 2 is 1.76 bits per heavy atom. The second-order valence-corrected chi connectivity index (χ2v) is 10.5. The van der Waals surface area contributed by atoms with Crippen LogP contribution in [0.1, 0.15) is 51.0 Å². The Bertz CT molecular complexity index is 995. The molecule has 1 N–H and O–H groups in total. The minimum absolute atomic E-state index is 0.0887. The average molecular weight is 591 g/mol. The fourth-order valence-electron chi connectivity index (χ4n) is 4.13. The van der Waals surface area contributed by atoms with Crippen LogP contribution >= 0.6 is 50.7 Å². The molecule has 1 atom stereocenters. The Labute approximate surface area is 224 Å². The number of carbonyl (C=O) groups excluding carboxylic acids is 2. The molecule has 1 saturated carbocycles. The number of carbonyl (C=O) groups is 2. The van der Waals surface area contributed by atoms with E-state index in [0.717, 1.165) is 30.2 Å². The van der Waals surface area contributed by atoms with Crippen LogP contribution in [0.15, 0.2) is 40.9 Å². The fourth-order valence-corrected chi connectivity index (χ4v) is 5.38. The van der Waals surface area contributed by atoms with Crippen LogP contribution in [0.25, 0.3) is 0 Å². The van der Waals surface area contributed by atoms with Gasteiger partial charge in [-0.3, -0.25) is 9.59 Å². The summed E-state index contributed by atoms with van der Waals surface area (Å²) in [5.41, 5.74) is 0.588. The van der Waals surface area contributed by atoms with E-state index < -0.39 is 6.04 Å². The van der Waals surface area contributed by atoms with Crippen molar-refractivity contribution in [3.63, 3.8) is 0 Å². The highest BCUT2D eigenvalue weighted by Gasteiger charge is 2.31. The van der Waals surface area contributed by atoms with Gasteiger partial charge >= 0.3 is 0 Å². The highest BCUT2D eigenvalue weighted by atomic mass is 79.9. The number of nitrogens with zero attached hydrogens (tertiary/aromatic N) is 1. The summed E-state index contributed by atoms with van der Waals surface area (Å²) in [6, 6.07) is 9.77. The Hall–Kier alpha value is -1.47. The average Bonchev–Trinajstić information content (AvgIpc) is 2.80. The van der Waals surface area contributed by atoms with Crippen LogP contribution in [-0.4, -0.2) is 35.4 Å². The van der Waals surface area contributed by atoms with Gasteiger partial charge in [0, 0.05) is 32.7 Å². The molecule has 0 radical (unpaired) electrons. The zero-order valence-corrected chi connectivity index (χ0v) is 22.8. The van der Waals surface area contributed by atoms with Crippen molar-refractivity contribution in [2.75, 3.05) is 6.61 Å². The van der Waals surface area contributed by atoms with Crippen molar-refractivity contribution in [2.45, 2.75) is 64.1 Å². The zero-order valence-electron chi connectivity index (χ0n) is 19.0. The van der Waals surface area contributed by atoms with Crippen molar-refractivity contribution >= 4 is 62.5 Å². The molecule has 5 nitrogen and oxygen atoms in total. The van der Waals surface area contributed by atoms with Crippen molar-refractivity contribution in [3.8, 4) is 5.75 Å². The van der Waals surface area contributed by atoms with Crippen LogP contribution in [-0.2, 0) is 16.1 Å². The van der Waals surface area contributed by atoms with Gasteiger partial charge in [0.05, 0.1) is 5.02 Å². The van der Waals surface area contributed by atoms with Gasteiger partial charge in [-0.15, -0.1) is 0 Å². The molecular formula is C25H28BrCl3N2O3. The lowest BCUT2D eigenvalue weighted by molar-refractivity contribution is -0.143. The SMILES string of the molecule is CC[C@H](C(=O)NC1CCCCC1)N(Cc1c(Cl)cccc1Cl)C(=O)COc1ccc(Br)cc1Cl. The smallest absolute Gasteiger partial charge is 0.261 e. The van der Waals surface area contributed by atoms with Crippen molar-refractivity contribution in [1.82, 2.24) is 10.2 Å². The number of benzene rings is 2. The van der Waals surface area contributed by atoms with Crippen molar-refractivity contribution in [2.24, 2.45) is 0 Å². The fraction of sp³-hybridized carbons (Fsp3) is 0.440.